The van der Waals surface area contributed by atoms with Gasteiger partial charge in [-0.15, -0.1) is 0 Å². The van der Waals surface area contributed by atoms with Crippen LogP contribution in [0.1, 0.15) is 12.8 Å². The molecule has 118 valence electrons. The second kappa shape index (κ2) is 6.58. The van der Waals surface area contributed by atoms with Crippen LogP contribution in [0.5, 0.6) is 0 Å². The van der Waals surface area contributed by atoms with Gasteiger partial charge in [-0.2, -0.15) is 0 Å². The van der Waals surface area contributed by atoms with Crippen molar-refractivity contribution in [3.63, 3.8) is 0 Å². The van der Waals surface area contributed by atoms with Crippen LogP contribution in [0.25, 0.3) is 0 Å². The van der Waals surface area contributed by atoms with Crippen molar-refractivity contribution in [3.05, 3.63) is 12.4 Å². The molecule has 6 nitrogen and oxygen atoms in total. The Kier molecular flexibility index (Phi) is 5.00. The van der Waals surface area contributed by atoms with E-state index < -0.39 is 0 Å². The molecule has 0 atom stereocenters. The van der Waals surface area contributed by atoms with E-state index in [0.717, 1.165) is 31.3 Å². The Morgan fingerprint density at radius 2 is 1.76 bits per heavy atom. The summed E-state index contributed by atoms with van der Waals surface area (Å²) in [5.74, 6) is 1.75. The van der Waals surface area contributed by atoms with Crippen molar-refractivity contribution in [1.29, 1.82) is 0 Å². The number of likely N-dealkylation sites (N-methyl/N-ethyl adjacent to an activating group) is 1. The summed E-state index contributed by atoms with van der Waals surface area (Å²) in [6.07, 6.45) is 5.81. The van der Waals surface area contributed by atoms with Crippen molar-refractivity contribution in [2.45, 2.75) is 18.4 Å². The monoisotopic (exact) mass is 292 g/mol. The fraction of sp³-hybridized carbons (Fsp3) is 0.733. The van der Waals surface area contributed by atoms with Crippen LogP contribution in [0.2, 0.25) is 0 Å². The summed E-state index contributed by atoms with van der Waals surface area (Å²) in [6.45, 7) is 3.18. The highest BCUT2D eigenvalue weighted by molar-refractivity contribution is 5.59. The van der Waals surface area contributed by atoms with Gasteiger partial charge >= 0.3 is 0 Å². The third kappa shape index (κ3) is 3.63. The van der Waals surface area contributed by atoms with Gasteiger partial charge in [0.2, 0.25) is 0 Å². The maximum absolute atomic E-state index is 4.45. The molecule has 1 saturated heterocycles. The molecule has 1 fully saturated rings. The average Bonchev–Trinajstić information content (AvgIpc) is 2.47. The number of nitrogens with zero attached hydrogens (tertiary/aromatic N) is 5. The number of anilines is 2. The van der Waals surface area contributed by atoms with Gasteiger partial charge < -0.3 is 20.0 Å². The average molecular weight is 292 g/mol. The standard InChI is InChI=1S/C15H28N6/c1-19(2)14-13(16-8-9-17-14)18-12-15(20(3)4)6-10-21(5)11-7-15/h8-9H,6-7,10-12H2,1-5H3,(H,16,18). The zero-order chi connectivity index (χ0) is 15.5. The molecule has 0 radical (unpaired) electrons. The van der Waals surface area contributed by atoms with Crippen LogP contribution in [0.15, 0.2) is 12.4 Å². The van der Waals surface area contributed by atoms with Crippen LogP contribution in [0.3, 0.4) is 0 Å². The molecule has 0 aliphatic carbocycles. The Morgan fingerprint density at radius 3 is 2.33 bits per heavy atom. The minimum atomic E-state index is 0.188. The first-order valence-electron chi connectivity index (χ1n) is 7.53. The van der Waals surface area contributed by atoms with E-state index >= 15 is 0 Å². The lowest BCUT2D eigenvalue weighted by Crippen LogP contribution is -2.55. The van der Waals surface area contributed by atoms with Crippen molar-refractivity contribution < 1.29 is 0 Å². The molecule has 1 aliphatic rings. The van der Waals surface area contributed by atoms with E-state index in [1.807, 2.05) is 19.0 Å². The number of hydrogen-bond donors (Lipinski definition) is 1. The van der Waals surface area contributed by atoms with Gasteiger partial charge in [-0.1, -0.05) is 0 Å². The highest BCUT2D eigenvalue weighted by Crippen LogP contribution is 2.28. The quantitative estimate of drug-likeness (QED) is 0.873. The van der Waals surface area contributed by atoms with Crippen LogP contribution in [-0.2, 0) is 0 Å². The Hall–Kier alpha value is -1.40. The van der Waals surface area contributed by atoms with Gasteiger partial charge in [-0.3, -0.25) is 0 Å². The maximum Gasteiger partial charge on any atom is 0.171 e. The zero-order valence-electron chi connectivity index (χ0n) is 13.9. The molecule has 1 aromatic rings. The molecule has 21 heavy (non-hydrogen) atoms. The molecule has 6 heteroatoms. The molecule has 1 aliphatic heterocycles. The molecule has 0 amide bonds. The van der Waals surface area contributed by atoms with Gasteiger partial charge in [0.05, 0.1) is 0 Å². The molecule has 0 saturated carbocycles. The third-order valence-corrected chi connectivity index (χ3v) is 4.55. The van der Waals surface area contributed by atoms with Crippen LogP contribution < -0.4 is 10.2 Å². The smallest absolute Gasteiger partial charge is 0.171 e. The van der Waals surface area contributed by atoms with Gasteiger partial charge in [0.25, 0.3) is 0 Å². The van der Waals surface area contributed by atoms with Crippen molar-refractivity contribution in [2.24, 2.45) is 0 Å². The topological polar surface area (TPSA) is 47.5 Å². The van der Waals surface area contributed by atoms with E-state index in [1.165, 1.54) is 12.8 Å². The lowest BCUT2D eigenvalue weighted by atomic mass is 9.86. The Balaban J connectivity index is 2.09. The van der Waals surface area contributed by atoms with E-state index in [9.17, 15) is 0 Å². The molecular weight excluding hydrogens is 264 g/mol. The predicted molar refractivity (Wildman–Crippen MR) is 88.0 cm³/mol. The first-order valence-corrected chi connectivity index (χ1v) is 7.53. The van der Waals surface area contributed by atoms with E-state index in [-0.39, 0.29) is 5.54 Å². The largest absolute Gasteiger partial charge is 0.365 e. The van der Waals surface area contributed by atoms with Crippen molar-refractivity contribution in [1.82, 2.24) is 19.8 Å². The normalized spacial score (nSPS) is 18.8. The molecule has 0 bridgehead atoms. The zero-order valence-corrected chi connectivity index (χ0v) is 13.9. The highest BCUT2D eigenvalue weighted by Gasteiger charge is 2.35. The van der Waals surface area contributed by atoms with Crippen molar-refractivity contribution >= 4 is 11.6 Å². The number of nitrogens with one attached hydrogen (secondary N) is 1. The molecule has 0 spiro atoms. The summed E-state index contributed by atoms with van der Waals surface area (Å²) in [7, 11) is 10.5. The van der Waals surface area contributed by atoms with Crippen LogP contribution in [0.4, 0.5) is 11.6 Å². The number of aromatic nitrogens is 2. The number of hydrogen-bond acceptors (Lipinski definition) is 6. The number of rotatable bonds is 5. The second-order valence-corrected chi connectivity index (χ2v) is 6.40. The van der Waals surface area contributed by atoms with Crippen LogP contribution in [-0.4, -0.2) is 80.2 Å². The highest BCUT2D eigenvalue weighted by atomic mass is 15.2. The first-order chi connectivity index (χ1) is 9.94. The Bertz CT molecular complexity index is 451. The predicted octanol–water partition coefficient (Wildman–Crippen LogP) is 0.981. The van der Waals surface area contributed by atoms with E-state index in [2.05, 4.69) is 46.2 Å². The number of piperidine rings is 1. The Morgan fingerprint density at radius 1 is 1.14 bits per heavy atom. The molecule has 2 heterocycles. The van der Waals surface area contributed by atoms with Gasteiger partial charge in [-0.05, 0) is 47.1 Å². The summed E-state index contributed by atoms with van der Waals surface area (Å²) < 4.78 is 0. The van der Waals surface area contributed by atoms with E-state index in [4.69, 9.17) is 0 Å². The summed E-state index contributed by atoms with van der Waals surface area (Å²) in [5.41, 5.74) is 0.188. The fourth-order valence-electron chi connectivity index (χ4n) is 2.85. The second-order valence-electron chi connectivity index (χ2n) is 6.40. The lowest BCUT2D eigenvalue weighted by molar-refractivity contribution is 0.0773. The third-order valence-electron chi connectivity index (χ3n) is 4.55. The first kappa shape index (κ1) is 16.0. The molecule has 1 N–H and O–H groups in total. The molecule has 2 rings (SSSR count). The van der Waals surface area contributed by atoms with E-state index in [0.29, 0.717) is 0 Å². The number of likely N-dealkylation sites (tertiary alicyclic amines) is 1. The summed E-state index contributed by atoms with van der Waals surface area (Å²) >= 11 is 0. The molecular formula is C15H28N6. The minimum Gasteiger partial charge on any atom is -0.365 e. The fourth-order valence-corrected chi connectivity index (χ4v) is 2.85. The van der Waals surface area contributed by atoms with Crippen molar-refractivity contribution in [3.8, 4) is 0 Å². The SMILES string of the molecule is CN1CCC(CNc2nccnc2N(C)C)(N(C)C)CC1. The summed E-state index contributed by atoms with van der Waals surface area (Å²) in [4.78, 5) is 15.6. The maximum atomic E-state index is 4.45. The summed E-state index contributed by atoms with van der Waals surface area (Å²) in [5, 5.41) is 3.53. The van der Waals surface area contributed by atoms with E-state index in [1.54, 1.807) is 12.4 Å². The molecule has 0 unspecified atom stereocenters. The van der Waals surface area contributed by atoms with Crippen LogP contribution in [0, 0.1) is 0 Å². The van der Waals surface area contributed by atoms with Crippen LogP contribution >= 0.6 is 0 Å². The van der Waals surface area contributed by atoms with Gasteiger partial charge in [-0.25, -0.2) is 9.97 Å². The van der Waals surface area contributed by atoms with Gasteiger partial charge in [0.15, 0.2) is 11.6 Å². The lowest BCUT2D eigenvalue weighted by Gasteiger charge is -2.45. The minimum absolute atomic E-state index is 0.188. The summed E-state index contributed by atoms with van der Waals surface area (Å²) in [6, 6.07) is 0. The molecule has 1 aromatic heterocycles. The molecule has 0 aromatic carbocycles. The Labute approximate surface area is 128 Å². The van der Waals surface area contributed by atoms with Crippen molar-refractivity contribution in [2.75, 3.05) is 65.1 Å². The van der Waals surface area contributed by atoms with Gasteiger partial charge in [0, 0.05) is 38.6 Å². The van der Waals surface area contributed by atoms with Gasteiger partial charge in [0.1, 0.15) is 0 Å².